The predicted molar refractivity (Wildman–Crippen MR) is 63.9 cm³/mol. The molecule has 1 N–H and O–H groups in total. The number of ketones is 1. The third kappa shape index (κ3) is 1.56. The summed E-state index contributed by atoms with van der Waals surface area (Å²) in [7, 11) is 1.82. The number of carbonyl (C=O) groups is 1. The summed E-state index contributed by atoms with van der Waals surface area (Å²) in [5.41, 5.74) is 1.64. The van der Waals surface area contributed by atoms with Crippen LogP contribution in [0.2, 0.25) is 0 Å². The van der Waals surface area contributed by atoms with Gasteiger partial charge in [-0.3, -0.25) is 4.79 Å². The van der Waals surface area contributed by atoms with E-state index in [9.17, 15) is 4.79 Å². The van der Waals surface area contributed by atoms with Crippen LogP contribution in [0.4, 0.5) is 5.82 Å². The molecule has 0 radical (unpaired) electrons. The summed E-state index contributed by atoms with van der Waals surface area (Å²) in [5, 5.41) is 3.01. The van der Waals surface area contributed by atoms with Gasteiger partial charge < -0.3 is 9.72 Å². The molecule has 4 nitrogen and oxygen atoms in total. The highest BCUT2D eigenvalue weighted by Crippen LogP contribution is 2.18. The summed E-state index contributed by atoms with van der Waals surface area (Å²) in [5.74, 6) is 0.933. The zero-order valence-electron chi connectivity index (χ0n) is 9.69. The molecule has 0 amide bonds. The van der Waals surface area contributed by atoms with Crippen molar-refractivity contribution in [2.75, 3.05) is 12.4 Å². The minimum Gasteiger partial charge on any atom is -0.371 e. The zero-order valence-corrected chi connectivity index (χ0v) is 9.69. The molecule has 0 spiro atoms. The van der Waals surface area contributed by atoms with Crippen LogP contribution >= 0.6 is 0 Å². The molecule has 16 heavy (non-hydrogen) atoms. The second-order valence-corrected chi connectivity index (χ2v) is 4.02. The number of hydrogen-bond donors (Lipinski definition) is 1. The van der Waals surface area contributed by atoms with Crippen LogP contribution in [0, 0.1) is 5.92 Å². The maximum atomic E-state index is 12.0. The molecule has 2 rings (SSSR count). The number of nitrogens with zero attached hydrogens (tertiary/aromatic N) is 2. The lowest BCUT2D eigenvalue weighted by molar-refractivity contribution is 0.0933. The number of rotatable bonds is 3. The molecule has 0 saturated heterocycles. The second-order valence-electron chi connectivity index (χ2n) is 4.02. The van der Waals surface area contributed by atoms with Gasteiger partial charge in [0.1, 0.15) is 5.82 Å². The molecule has 0 aromatic carbocycles. The first-order valence-electron chi connectivity index (χ1n) is 5.33. The highest BCUT2D eigenvalue weighted by atomic mass is 16.1. The Bertz CT molecular complexity index is 528. The second kappa shape index (κ2) is 3.96. The lowest BCUT2D eigenvalue weighted by Crippen LogP contribution is -2.10. The average molecular weight is 217 g/mol. The van der Waals surface area contributed by atoms with Crippen molar-refractivity contribution in [3.05, 3.63) is 30.2 Å². The Labute approximate surface area is 94.3 Å². The molecular weight excluding hydrogens is 202 g/mol. The van der Waals surface area contributed by atoms with Gasteiger partial charge in [-0.05, 0) is 12.1 Å². The van der Waals surface area contributed by atoms with Crippen LogP contribution in [0.1, 0.15) is 24.3 Å². The van der Waals surface area contributed by atoms with Gasteiger partial charge in [0.15, 0.2) is 5.78 Å². The Balaban J connectivity index is 2.62. The smallest absolute Gasteiger partial charge is 0.182 e. The Morgan fingerprint density at radius 2 is 2.19 bits per heavy atom. The lowest BCUT2D eigenvalue weighted by Gasteiger charge is -2.06. The zero-order chi connectivity index (χ0) is 11.7. The van der Waals surface area contributed by atoms with Gasteiger partial charge in [-0.1, -0.05) is 13.8 Å². The van der Waals surface area contributed by atoms with Gasteiger partial charge in [-0.15, -0.1) is 0 Å². The average Bonchev–Trinajstić information content (AvgIpc) is 2.71. The van der Waals surface area contributed by atoms with E-state index in [0.717, 1.165) is 11.3 Å². The molecule has 0 aliphatic carbocycles. The molecule has 2 aromatic rings. The first kappa shape index (κ1) is 10.7. The number of hydrogen-bond acceptors (Lipinski definition) is 3. The van der Waals surface area contributed by atoms with Crippen molar-refractivity contribution in [2.45, 2.75) is 13.8 Å². The number of aromatic nitrogens is 2. The molecule has 84 valence electrons. The fraction of sp³-hybridized carbons (Fsp3) is 0.333. The van der Waals surface area contributed by atoms with Gasteiger partial charge in [0, 0.05) is 25.4 Å². The summed E-state index contributed by atoms with van der Waals surface area (Å²) in [4.78, 5) is 16.2. The quantitative estimate of drug-likeness (QED) is 0.802. The number of carbonyl (C=O) groups excluding carboxylic acids is 1. The van der Waals surface area contributed by atoms with Crippen molar-refractivity contribution in [2.24, 2.45) is 5.92 Å². The van der Waals surface area contributed by atoms with Crippen LogP contribution in [-0.4, -0.2) is 22.2 Å². The standard InChI is InChI=1S/C12H15N3O/c1-8(2)11(16)9-4-5-10-12(13-3)14-6-7-15(9)10/h4-8H,1-3H3,(H,13,14). The van der Waals surface area contributed by atoms with E-state index in [-0.39, 0.29) is 11.7 Å². The van der Waals surface area contributed by atoms with Crippen LogP contribution in [0.25, 0.3) is 5.52 Å². The Morgan fingerprint density at radius 1 is 1.44 bits per heavy atom. The van der Waals surface area contributed by atoms with E-state index >= 15 is 0 Å². The van der Waals surface area contributed by atoms with E-state index in [4.69, 9.17) is 0 Å². The van der Waals surface area contributed by atoms with Gasteiger partial charge in [0.05, 0.1) is 11.2 Å². The van der Waals surface area contributed by atoms with Crippen molar-refractivity contribution in [3.63, 3.8) is 0 Å². The van der Waals surface area contributed by atoms with Gasteiger partial charge in [0.2, 0.25) is 0 Å². The SMILES string of the molecule is CNc1nccn2c(C(=O)C(C)C)ccc12. The van der Waals surface area contributed by atoms with Crippen LogP contribution in [-0.2, 0) is 0 Å². The van der Waals surface area contributed by atoms with E-state index in [2.05, 4.69) is 10.3 Å². The van der Waals surface area contributed by atoms with Gasteiger partial charge in [-0.25, -0.2) is 4.98 Å². The van der Waals surface area contributed by atoms with Crippen molar-refractivity contribution in [1.82, 2.24) is 9.38 Å². The molecule has 2 heterocycles. The number of Topliss-reactive ketones (excluding diaryl/α,β-unsaturated/α-hetero) is 1. The van der Waals surface area contributed by atoms with E-state index in [1.54, 1.807) is 6.20 Å². The van der Waals surface area contributed by atoms with Crippen LogP contribution < -0.4 is 5.32 Å². The van der Waals surface area contributed by atoms with E-state index in [1.165, 1.54) is 0 Å². The van der Waals surface area contributed by atoms with Crippen LogP contribution in [0.15, 0.2) is 24.5 Å². The summed E-state index contributed by atoms with van der Waals surface area (Å²) in [6.45, 7) is 3.81. The monoisotopic (exact) mass is 217 g/mol. The van der Waals surface area contributed by atoms with Crippen molar-refractivity contribution < 1.29 is 4.79 Å². The van der Waals surface area contributed by atoms with Crippen LogP contribution in [0.3, 0.4) is 0 Å². The normalized spacial score (nSPS) is 11.0. The van der Waals surface area contributed by atoms with E-state index in [1.807, 2.05) is 43.6 Å². The Morgan fingerprint density at radius 3 is 2.81 bits per heavy atom. The summed E-state index contributed by atoms with van der Waals surface area (Å²) < 4.78 is 1.88. The topological polar surface area (TPSA) is 46.4 Å². The van der Waals surface area contributed by atoms with Gasteiger partial charge in [-0.2, -0.15) is 0 Å². The molecule has 0 aliphatic heterocycles. The van der Waals surface area contributed by atoms with Crippen molar-refractivity contribution in [3.8, 4) is 0 Å². The van der Waals surface area contributed by atoms with Crippen molar-refractivity contribution in [1.29, 1.82) is 0 Å². The first-order valence-corrected chi connectivity index (χ1v) is 5.33. The highest BCUT2D eigenvalue weighted by molar-refractivity contribution is 5.97. The fourth-order valence-electron chi connectivity index (χ4n) is 1.73. The Hall–Kier alpha value is -1.84. The van der Waals surface area contributed by atoms with Gasteiger partial charge >= 0.3 is 0 Å². The fourth-order valence-corrected chi connectivity index (χ4v) is 1.73. The highest BCUT2D eigenvalue weighted by Gasteiger charge is 2.15. The third-order valence-corrected chi connectivity index (χ3v) is 2.59. The van der Waals surface area contributed by atoms with Crippen molar-refractivity contribution >= 4 is 17.1 Å². The molecule has 2 aromatic heterocycles. The molecule has 0 fully saturated rings. The maximum absolute atomic E-state index is 12.0. The third-order valence-electron chi connectivity index (χ3n) is 2.59. The summed E-state index contributed by atoms with van der Waals surface area (Å²) in [6, 6.07) is 3.76. The van der Waals surface area contributed by atoms with Gasteiger partial charge in [0.25, 0.3) is 0 Å². The number of fused-ring (bicyclic) bond motifs is 1. The largest absolute Gasteiger partial charge is 0.371 e. The van der Waals surface area contributed by atoms with E-state index < -0.39 is 0 Å². The molecule has 0 bridgehead atoms. The molecule has 4 heteroatoms. The minimum absolute atomic E-state index is 0.00398. The lowest BCUT2D eigenvalue weighted by atomic mass is 10.1. The minimum atomic E-state index is 0.00398. The Kier molecular flexibility index (Phi) is 2.64. The maximum Gasteiger partial charge on any atom is 0.182 e. The predicted octanol–water partition coefficient (Wildman–Crippen LogP) is 2.21. The van der Waals surface area contributed by atoms with Crippen LogP contribution in [0.5, 0.6) is 0 Å². The number of nitrogens with one attached hydrogen (secondary N) is 1. The molecule has 0 atom stereocenters. The summed E-state index contributed by atoms with van der Waals surface area (Å²) >= 11 is 0. The first-order chi connectivity index (χ1) is 7.65. The molecular formula is C12H15N3O. The molecule has 0 unspecified atom stereocenters. The molecule has 0 aliphatic rings. The summed E-state index contributed by atoms with van der Waals surface area (Å²) in [6.07, 6.45) is 3.50. The number of anilines is 1. The molecule has 0 saturated carbocycles. The van der Waals surface area contributed by atoms with E-state index in [0.29, 0.717) is 5.69 Å².